The van der Waals surface area contributed by atoms with Crippen molar-refractivity contribution >= 4 is 15.7 Å². The van der Waals surface area contributed by atoms with Crippen LogP contribution in [0.25, 0.3) is 0 Å². The molecular formula is C14H19NO3S. The highest BCUT2D eigenvalue weighted by Crippen LogP contribution is 2.32. The first-order valence-electron chi connectivity index (χ1n) is 6.57. The Labute approximate surface area is 114 Å². The van der Waals surface area contributed by atoms with Crippen LogP contribution in [0.3, 0.4) is 0 Å². The van der Waals surface area contributed by atoms with Gasteiger partial charge in [-0.15, -0.1) is 0 Å². The monoisotopic (exact) mass is 281 g/mol. The Morgan fingerprint density at radius 2 is 2.11 bits per heavy atom. The molecule has 1 amide bonds. The summed E-state index contributed by atoms with van der Waals surface area (Å²) in [5.41, 5.74) is 0.713. The van der Waals surface area contributed by atoms with Crippen molar-refractivity contribution in [1.29, 1.82) is 0 Å². The number of hydrogen-bond acceptors (Lipinski definition) is 3. The minimum Gasteiger partial charge on any atom is -0.349 e. The molecule has 0 saturated heterocycles. The average molecular weight is 281 g/mol. The maximum Gasteiger partial charge on any atom is 0.223 e. The summed E-state index contributed by atoms with van der Waals surface area (Å²) in [4.78, 5) is 12.3. The lowest BCUT2D eigenvalue weighted by atomic mass is 10.0. The van der Waals surface area contributed by atoms with Crippen LogP contribution in [0.1, 0.15) is 38.3 Å². The molecule has 104 valence electrons. The molecule has 1 aromatic carbocycles. The van der Waals surface area contributed by atoms with Gasteiger partial charge in [0.1, 0.15) is 0 Å². The molecule has 2 rings (SSSR count). The molecule has 0 bridgehead atoms. The maximum atomic E-state index is 12.0. The van der Waals surface area contributed by atoms with Gasteiger partial charge in [-0.05, 0) is 24.5 Å². The van der Waals surface area contributed by atoms with Crippen LogP contribution in [-0.2, 0) is 14.6 Å². The van der Waals surface area contributed by atoms with Crippen LogP contribution in [0.5, 0.6) is 0 Å². The van der Waals surface area contributed by atoms with Gasteiger partial charge >= 0.3 is 0 Å². The molecule has 1 N–H and O–H groups in total. The van der Waals surface area contributed by atoms with Crippen molar-refractivity contribution in [2.24, 2.45) is 5.92 Å². The van der Waals surface area contributed by atoms with E-state index >= 15 is 0 Å². The van der Waals surface area contributed by atoms with E-state index in [1.54, 1.807) is 18.2 Å². The highest BCUT2D eigenvalue weighted by atomic mass is 32.2. The van der Waals surface area contributed by atoms with Gasteiger partial charge in [0.15, 0.2) is 9.84 Å². The Kier molecular flexibility index (Phi) is 3.94. The molecule has 0 fully saturated rings. The lowest BCUT2D eigenvalue weighted by molar-refractivity contribution is -0.125. The topological polar surface area (TPSA) is 63.2 Å². The molecule has 0 saturated carbocycles. The number of nitrogens with one attached hydrogen (secondary N) is 1. The van der Waals surface area contributed by atoms with E-state index in [-0.39, 0.29) is 23.6 Å². The van der Waals surface area contributed by atoms with Crippen LogP contribution in [0.15, 0.2) is 29.2 Å². The van der Waals surface area contributed by atoms with Gasteiger partial charge in [0.25, 0.3) is 0 Å². The fourth-order valence-electron chi connectivity index (χ4n) is 2.24. The molecule has 0 unspecified atom stereocenters. The van der Waals surface area contributed by atoms with E-state index in [0.717, 1.165) is 6.42 Å². The Balaban J connectivity index is 2.28. The zero-order valence-electron chi connectivity index (χ0n) is 11.2. The highest BCUT2D eigenvalue weighted by molar-refractivity contribution is 7.91. The van der Waals surface area contributed by atoms with E-state index in [1.165, 1.54) is 0 Å². The van der Waals surface area contributed by atoms with Crippen molar-refractivity contribution in [1.82, 2.24) is 5.32 Å². The SMILES string of the molecule is CC[C@H](C)C(=O)N[C@H]1CCS(=O)(=O)c2ccccc21. The van der Waals surface area contributed by atoms with Gasteiger partial charge in [-0.2, -0.15) is 0 Å². The summed E-state index contributed by atoms with van der Waals surface area (Å²) in [6.45, 7) is 3.84. The maximum absolute atomic E-state index is 12.0. The number of sulfone groups is 1. The van der Waals surface area contributed by atoms with E-state index in [0.29, 0.717) is 16.9 Å². The van der Waals surface area contributed by atoms with Gasteiger partial charge in [-0.3, -0.25) is 4.79 Å². The quantitative estimate of drug-likeness (QED) is 0.922. The molecule has 0 spiro atoms. The molecule has 19 heavy (non-hydrogen) atoms. The molecule has 1 aromatic rings. The molecule has 0 aliphatic carbocycles. The summed E-state index contributed by atoms with van der Waals surface area (Å²) in [7, 11) is -3.19. The minimum absolute atomic E-state index is 0.0124. The second-order valence-electron chi connectivity index (χ2n) is 5.02. The molecular weight excluding hydrogens is 262 g/mol. The number of amides is 1. The second-order valence-corrected chi connectivity index (χ2v) is 7.09. The lowest BCUT2D eigenvalue weighted by Gasteiger charge is -2.27. The number of fused-ring (bicyclic) bond motifs is 1. The Hall–Kier alpha value is -1.36. The standard InChI is InChI=1S/C14H19NO3S/c1-3-10(2)14(16)15-12-8-9-19(17,18)13-7-5-4-6-11(12)13/h4-7,10,12H,3,8-9H2,1-2H3,(H,15,16)/t10-,12-/m0/s1. The molecule has 1 aliphatic rings. The van der Waals surface area contributed by atoms with Crippen molar-refractivity contribution < 1.29 is 13.2 Å². The smallest absolute Gasteiger partial charge is 0.223 e. The van der Waals surface area contributed by atoms with E-state index in [2.05, 4.69) is 5.32 Å². The first-order chi connectivity index (χ1) is 8.95. The van der Waals surface area contributed by atoms with Gasteiger partial charge < -0.3 is 5.32 Å². The van der Waals surface area contributed by atoms with Gasteiger partial charge in [-0.1, -0.05) is 32.0 Å². The van der Waals surface area contributed by atoms with Gasteiger partial charge in [0.05, 0.1) is 16.7 Å². The average Bonchev–Trinajstić information content (AvgIpc) is 2.41. The predicted octanol–water partition coefficient (Wildman–Crippen LogP) is 2.07. The molecule has 5 heteroatoms. The summed E-state index contributed by atoms with van der Waals surface area (Å²) in [5, 5.41) is 2.96. The van der Waals surface area contributed by atoms with Gasteiger partial charge in [0.2, 0.25) is 5.91 Å². The summed E-state index contributed by atoms with van der Waals surface area (Å²) < 4.78 is 24.0. The highest BCUT2D eigenvalue weighted by Gasteiger charge is 2.31. The molecule has 1 aliphatic heterocycles. The number of carbonyl (C=O) groups is 1. The predicted molar refractivity (Wildman–Crippen MR) is 73.5 cm³/mol. The van der Waals surface area contributed by atoms with Crippen molar-refractivity contribution in [3.8, 4) is 0 Å². The fraction of sp³-hybridized carbons (Fsp3) is 0.500. The third-order valence-corrected chi connectivity index (χ3v) is 5.50. The van der Waals surface area contributed by atoms with Crippen LogP contribution in [0.4, 0.5) is 0 Å². The molecule has 0 radical (unpaired) electrons. The zero-order chi connectivity index (χ0) is 14.0. The van der Waals surface area contributed by atoms with Crippen molar-refractivity contribution in [2.45, 2.75) is 37.6 Å². The molecule has 0 aromatic heterocycles. The summed E-state index contributed by atoms with van der Waals surface area (Å²) in [6, 6.07) is 6.73. The van der Waals surface area contributed by atoms with Gasteiger partial charge in [-0.25, -0.2) is 8.42 Å². The lowest BCUT2D eigenvalue weighted by Crippen LogP contribution is -2.36. The first kappa shape index (κ1) is 14.1. The second kappa shape index (κ2) is 5.33. The van der Waals surface area contributed by atoms with Crippen LogP contribution in [0.2, 0.25) is 0 Å². The summed E-state index contributed by atoms with van der Waals surface area (Å²) >= 11 is 0. The van der Waals surface area contributed by atoms with E-state index in [1.807, 2.05) is 19.9 Å². The van der Waals surface area contributed by atoms with Crippen LogP contribution in [0, 0.1) is 5.92 Å². The number of hydrogen-bond donors (Lipinski definition) is 1. The van der Waals surface area contributed by atoms with Crippen molar-refractivity contribution in [3.05, 3.63) is 29.8 Å². The van der Waals surface area contributed by atoms with Crippen molar-refractivity contribution in [3.63, 3.8) is 0 Å². The van der Waals surface area contributed by atoms with E-state index in [4.69, 9.17) is 0 Å². The van der Waals surface area contributed by atoms with E-state index < -0.39 is 9.84 Å². The van der Waals surface area contributed by atoms with Crippen LogP contribution < -0.4 is 5.32 Å². The first-order valence-corrected chi connectivity index (χ1v) is 8.23. The third-order valence-electron chi connectivity index (χ3n) is 3.68. The molecule has 4 nitrogen and oxygen atoms in total. The Morgan fingerprint density at radius 3 is 2.79 bits per heavy atom. The Morgan fingerprint density at radius 1 is 1.42 bits per heavy atom. The Bertz CT molecular complexity index is 580. The fourth-order valence-corrected chi connectivity index (χ4v) is 3.86. The number of carbonyl (C=O) groups excluding carboxylic acids is 1. The zero-order valence-corrected chi connectivity index (χ0v) is 12.0. The minimum atomic E-state index is -3.19. The summed E-state index contributed by atoms with van der Waals surface area (Å²) in [5.74, 6) is 0.0300. The largest absolute Gasteiger partial charge is 0.349 e. The third kappa shape index (κ3) is 2.81. The normalized spacial score (nSPS) is 22.3. The van der Waals surface area contributed by atoms with Gasteiger partial charge in [0, 0.05) is 5.92 Å². The van der Waals surface area contributed by atoms with Crippen LogP contribution >= 0.6 is 0 Å². The van der Waals surface area contributed by atoms with E-state index in [9.17, 15) is 13.2 Å². The number of benzene rings is 1. The number of rotatable bonds is 3. The van der Waals surface area contributed by atoms with Crippen molar-refractivity contribution in [2.75, 3.05) is 5.75 Å². The summed E-state index contributed by atoms with van der Waals surface area (Å²) in [6.07, 6.45) is 1.22. The van der Waals surface area contributed by atoms with Crippen LogP contribution in [-0.4, -0.2) is 20.1 Å². The molecule has 1 heterocycles. The molecule has 2 atom stereocenters.